The van der Waals surface area contributed by atoms with Gasteiger partial charge in [0.05, 0.1) is 63.8 Å². The van der Waals surface area contributed by atoms with Crippen molar-refractivity contribution in [2.75, 3.05) is 55.6 Å². The summed E-state index contributed by atoms with van der Waals surface area (Å²) in [6.07, 6.45) is 2.91. The van der Waals surface area contributed by atoms with Crippen molar-refractivity contribution in [2.45, 2.75) is 51.7 Å². The second-order valence-corrected chi connectivity index (χ2v) is 20.6. The molecule has 2 atom stereocenters. The molecule has 0 radical (unpaired) electrons. The molecule has 2 aromatic heterocycles. The van der Waals surface area contributed by atoms with Crippen LogP contribution in [0.2, 0.25) is 0 Å². The number of morpholine rings is 1. The maximum Gasteiger partial charge on any atom is 0.335 e. The third-order valence-electron chi connectivity index (χ3n) is 15.0. The number of aliphatic imine (C=N–C) groups is 2. The van der Waals surface area contributed by atoms with Crippen molar-refractivity contribution < 1.29 is 49.1 Å². The molecule has 80 heavy (non-hydrogen) atoms. The third-order valence-corrected chi connectivity index (χ3v) is 15.0. The van der Waals surface area contributed by atoms with Gasteiger partial charge in [0.25, 0.3) is 0 Å². The number of nitrogens with zero attached hydrogens (tertiary/aromatic N) is 6. The van der Waals surface area contributed by atoms with Gasteiger partial charge in [0, 0.05) is 83.5 Å². The van der Waals surface area contributed by atoms with E-state index in [4.69, 9.17) is 14.7 Å². The van der Waals surface area contributed by atoms with E-state index in [0.717, 1.165) is 59.6 Å². The van der Waals surface area contributed by atoms with Crippen LogP contribution >= 0.6 is 0 Å². The summed E-state index contributed by atoms with van der Waals surface area (Å²) in [5.74, 6) is -2.27. The first-order chi connectivity index (χ1) is 38.6. The largest absolute Gasteiger partial charge is 0.494 e. The van der Waals surface area contributed by atoms with E-state index in [-0.39, 0.29) is 59.4 Å². The molecule has 0 saturated carbocycles. The number of fused-ring (bicyclic) bond motifs is 4. The molecule has 18 nitrogen and oxygen atoms in total. The quantitative estimate of drug-likeness (QED) is 0.0631. The van der Waals surface area contributed by atoms with E-state index in [0.29, 0.717) is 94.8 Å². The Morgan fingerprint density at radius 1 is 0.562 bits per heavy atom. The van der Waals surface area contributed by atoms with Crippen LogP contribution in [0.1, 0.15) is 80.8 Å². The zero-order valence-corrected chi connectivity index (χ0v) is 44.1. The van der Waals surface area contributed by atoms with E-state index in [1.54, 1.807) is 21.9 Å². The predicted octanol–water partition coefficient (Wildman–Crippen LogP) is 8.99. The van der Waals surface area contributed by atoms with Crippen molar-refractivity contribution in [3.05, 3.63) is 178 Å². The number of amides is 3. The molecule has 0 spiro atoms. The number of ether oxygens (including phenoxy) is 1. The van der Waals surface area contributed by atoms with Crippen LogP contribution < -0.4 is 9.80 Å². The van der Waals surface area contributed by atoms with Crippen LogP contribution in [0.15, 0.2) is 143 Å². The van der Waals surface area contributed by atoms with Gasteiger partial charge in [-0.2, -0.15) is 0 Å². The highest BCUT2D eigenvalue weighted by atomic mass is 16.5. The summed E-state index contributed by atoms with van der Waals surface area (Å²) in [5, 5.41) is 41.9. The number of carboxylic acids is 2. The number of likely N-dealkylation sites (tertiary alicyclic amines) is 1. The molecule has 18 heteroatoms. The lowest BCUT2D eigenvalue weighted by Gasteiger charge is -2.35. The van der Waals surface area contributed by atoms with Crippen LogP contribution in [0, 0.1) is 0 Å². The fourth-order valence-corrected chi connectivity index (χ4v) is 11.3. The lowest BCUT2D eigenvalue weighted by molar-refractivity contribution is -0.132. The number of carboxylic acid groups (broad SMARTS) is 2. The third kappa shape index (κ3) is 10.8. The lowest BCUT2D eigenvalue weighted by Crippen LogP contribution is -2.49. The SMILES string of the molecule is CC1CN(CC(=O)N2CCc3cc(N=C(c4ccccc4)c4c(O)[nH]c5cc(C(=O)O)ccc45)ccc32)CC(C)O1.O=C(O)c1ccc2c(C(=Nc3ccc4c(c3)CCN4C(=O)CN3CCCC3=O)c3ccccc3)c(O)[nH]c2c1. The van der Waals surface area contributed by atoms with Gasteiger partial charge in [0.1, 0.15) is 6.54 Å². The van der Waals surface area contributed by atoms with Crippen LogP contribution in [0.3, 0.4) is 0 Å². The number of aromatic carboxylic acids is 2. The van der Waals surface area contributed by atoms with Crippen LogP contribution in [-0.2, 0) is 32.0 Å². The van der Waals surface area contributed by atoms with Gasteiger partial charge < -0.3 is 49.8 Å². The molecular weight excluding hydrogens is 1020 g/mol. The van der Waals surface area contributed by atoms with Crippen molar-refractivity contribution in [3.8, 4) is 11.8 Å². The highest BCUT2D eigenvalue weighted by Crippen LogP contribution is 2.38. The number of aromatic hydroxyl groups is 2. The molecule has 8 aromatic rings. The van der Waals surface area contributed by atoms with E-state index in [9.17, 15) is 44.4 Å². The summed E-state index contributed by atoms with van der Waals surface area (Å²) in [7, 11) is 0. The first-order valence-corrected chi connectivity index (χ1v) is 26.6. The highest BCUT2D eigenvalue weighted by Gasteiger charge is 2.32. The van der Waals surface area contributed by atoms with Gasteiger partial charge in [-0.1, -0.05) is 72.8 Å². The van der Waals surface area contributed by atoms with Crippen molar-refractivity contribution in [2.24, 2.45) is 9.98 Å². The fraction of sp³-hybridized carbons (Fsp3) is 0.242. The van der Waals surface area contributed by atoms with Gasteiger partial charge in [-0.15, -0.1) is 0 Å². The van der Waals surface area contributed by atoms with Gasteiger partial charge >= 0.3 is 11.9 Å². The van der Waals surface area contributed by atoms with Gasteiger partial charge in [0.15, 0.2) is 11.8 Å². The molecule has 6 aromatic carbocycles. The van der Waals surface area contributed by atoms with E-state index >= 15 is 0 Å². The molecule has 2 saturated heterocycles. The minimum Gasteiger partial charge on any atom is -0.494 e. The number of nitrogens with one attached hydrogen (secondary N) is 2. The zero-order valence-electron chi connectivity index (χ0n) is 44.1. The fourth-order valence-electron chi connectivity index (χ4n) is 11.3. The van der Waals surface area contributed by atoms with Crippen LogP contribution in [-0.4, -0.2) is 139 Å². The number of aromatic nitrogens is 2. The number of hydrogen-bond donors (Lipinski definition) is 6. The Balaban J connectivity index is 0.000000169. The molecule has 4 aliphatic rings. The summed E-state index contributed by atoms with van der Waals surface area (Å²) in [4.78, 5) is 84.3. The number of benzene rings is 6. The molecule has 12 rings (SSSR count). The summed E-state index contributed by atoms with van der Waals surface area (Å²) in [5.41, 5.74) is 9.98. The average Bonchev–Trinajstić information content (AvgIpc) is 4.50. The number of anilines is 2. The Hall–Kier alpha value is -9.39. The molecular formula is C62H58N8O10. The van der Waals surface area contributed by atoms with Gasteiger partial charge in [-0.05, 0) is 105 Å². The molecule has 406 valence electrons. The van der Waals surface area contributed by atoms with E-state index in [1.165, 1.54) is 24.3 Å². The second kappa shape index (κ2) is 22.2. The maximum atomic E-state index is 13.3. The number of rotatable bonds is 12. The number of carbonyl (C=O) groups excluding carboxylic acids is 3. The van der Waals surface area contributed by atoms with Crippen molar-refractivity contribution in [3.63, 3.8) is 0 Å². The lowest BCUT2D eigenvalue weighted by atomic mass is 10.00. The van der Waals surface area contributed by atoms with E-state index in [2.05, 4.69) is 14.9 Å². The van der Waals surface area contributed by atoms with E-state index in [1.807, 2.05) is 116 Å². The number of carbonyl (C=O) groups is 5. The average molecular weight is 1080 g/mol. The summed E-state index contributed by atoms with van der Waals surface area (Å²) >= 11 is 0. The molecule has 2 unspecified atom stereocenters. The minimum atomic E-state index is -1.05. The molecule has 2 fully saturated rings. The Morgan fingerprint density at radius 2 is 1.02 bits per heavy atom. The normalized spacial score (nSPS) is 17.4. The molecule has 6 N–H and O–H groups in total. The summed E-state index contributed by atoms with van der Waals surface area (Å²) in [6, 6.07) is 39.9. The number of hydrogen-bond acceptors (Lipinski definition) is 11. The summed E-state index contributed by atoms with van der Waals surface area (Å²) in [6.45, 7) is 7.80. The van der Waals surface area contributed by atoms with Gasteiger partial charge in [0.2, 0.25) is 17.7 Å². The van der Waals surface area contributed by atoms with Crippen molar-refractivity contribution in [1.82, 2.24) is 19.8 Å². The number of H-pyrrole nitrogens is 2. The minimum absolute atomic E-state index is 0.0283. The topological polar surface area (TPSA) is 245 Å². The maximum absolute atomic E-state index is 13.3. The molecule has 0 aliphatic carbocycles. The smallest absolute Gasteiger partial charge is 0.335 e. The summed E-state index contributed by atoms with van der Waals surface area (Å²) < 4.78 is 5.81. The molecule has 6 heterocycles. The first kappa shape index (κ1) is 52.7. The van der Waals surface area contributed by atoms with Crippen molar-refractivity contribution >= 4 is 85.6 Å². The predicted molar refractivity (Wildman–Crippen MR) is 305 cm³/mol. The van der Waals surface area contributed by atoms with Gasteiger partial charge in [-0.25, -0.2) is 19.6 Å². The molecule has 4 aliphatic heterocycles. The zero-order chi connectivity index (χ0) is 55.8. The Morgan fingerprint density at radius 3 is 1.46 bits per heavy atom. The Kier molecular flexibility index (Phi) is 14.6. The highest BCUT2D eigenvalue weighted by molar-refractivity contribution is 6.23. The first-order valence-electron chi connectivity index (χ1n) is 26.6. The molecule has 3 amide bonds. The Labute approximate surface area is 459 Å². The van der Waals surface area contributed by atoms with Crippen LogP contribution in [0.4, 0.5) is 22.7 Å². The number of aromatic amines is 2. The van der Waals surface area contributed by atoms with Crippen LogP contribution in [0.5, 0.6) is 11.8 Å². The van der Waals surface area contributed by atoms with Gasteiger partial charge in [-0.3, -0.25) is 19.3 Å². The standard InChI is InChI=1S/C32H32N4O5.C30H26N4O5/c1-19-16-35(17-20(2)41-19)18-28(37)36-13-12-22-14-24(9-11-27(22)36)33-30(21-6-4-3-5-7-21)29-25-10-8-23(32(39)40)15-26(25)34-31(29)38;35-25-7-4-13-33(25)17-26(36)34-14-12-19-15-21(9-11-24(19)34)31-28(18-5-2-1-3-6-18)27-22-10-8-20(30(38)39)16-23(22)32-29(27)37/h3-11,14-15,19-20,34,38H,12-13,16-18H2,1-2H3,(H,39,40);1-3,5-6,8-11,15-16,32,37H,4,7,12-14,17H2,(H,38,39). The van der Waals surface area contributed by atoms with Crippen LogP contribution in [0.25, 0.3) is 21.8 Å². The van der Waals surface area contributed by atoms with Crippen molar-refractivity contribution in [1.29, 1.82) is 0 Å². The van der Waals surface area contributed by atoms with E-state index < -0.39 is 11.9 Å². The Bertz CT molecular complexity index is 3800. The monoisotopic (exact) mass is 1070 g/mol. The second-order valence-electron chi connectivity index (χ2n) is 20.6. The molecule has 0 bridgehead atoms.